The molecule has 14 heavy (non-hydrogen) atoms. The molecule has 0 heterocycles. The molecule has 4 atom stereocenters. The third-order valence-corrected chi connectivity index (χ3v) is 3.72. The second-order valence-electron chi connectivity index (χ2n) is 4.46. The van der Waals surface area contributed by atoms with E-state index in [4.69, 9.17) is 0 Å². The lowest BCUT2D eigenvalue weighted by Gasteiger charge is -2.31. The van der Waals surface area contributed by atoms with E-state index in [2.05, 4.69) is 24.3 Å². The fraction of sp³-hybridized carbons (Fsp3) is 0.615. The molecule has 0 amide bonds. The van der Waals surface area contributed by atoms with E-state index in [9.17, 15) is 4.79 Å². The van der Waals surface area contributed by atoms with Gasteiger partial charge in [-0.1, -0.05) is 30.7 Å². The van der Waals surface area contributed by atoms with Crippen molar-refractivity contribution in [3.05, 3.63) is 24.3 Å². The lowest BCUT2D eigenvalue weighted by molar-refractivity contribution is -0.113. The SMILES string of the molecule is C/C=C/[C@H]1C=C[C@H]2CCC[C@@H]2[C@@H]1C=O. The van der Waals surface area contributed by atoms with Crippen molar-refractivity contribution in [2.75, 3.05) is 0 Å². The van der Waals surface area contributed by atoms with E-state index in [1.165, 1.54) is 25.5 Å². The van der Waals surface area contributed by atoms with Gasteiger partial charge >= 0.3 is 0 Å². The van der Waals surface area contributed by atoms with Crippen LogP contribution in [0, 0.1) is 23.7 Å². The van der Waals surface area contributed by atoms with Gasteiger partial charge in [0.15, 0.2) is 0 Å². The average Bonchev–Trinajstić information content (AvgIpc) is 2.66. The Bertz CT molecular complexity index is 264. The quantitative estimate of drug-likeness (QED) is 0.483. The molecule has 0 aromatic heterocycles. The molecule has 0 aromatic carbocycles. The zero-order valence-electron chi connectivity index (χ0n) is 8.73. The summed E-state index contributed by atoms with van der Waals surface area (Å²) in [5.74, 6) is 1.91. The summed E-state index contributed by atoms with van der Waals surface area (Å²) in [6, 6.07) is 0. The van der Waals surface area contributed by atoms with Crippen molar-refractivity contribution in [1.29, 1.82) is 0 Å². The van der Waals surface area contributed by atoms with E-state index in [-0.39, 0.29) is 5.92 Å². The number of hydrogen-bond acceptors (Lipinski definition) is 1. The van der Waals surface area contributed by atoms with E-state index >= 15 is 0 Å². The maximum Gasteiger partial charge on any atom is 0.124 e. The Hall–Kier alpha value is -0.850. The second-order valence-corrected chi connectivity index (χ2v) is 4.46. The van der Waals surface area contributed by atoms with Gasteiger partial charge in [-0.25, -0.2) is 0 Å². The fourth-order valence-electron chi connectivity index (χ4n) is 3.03. The highest BCUT2D eigenvalue weighted by molar-refractivity contribution is 5.57. The normalized spacial score (nSPS) is 41.5. The van der Waals surface area contributed by atoms with Crippen molar-refractivity contribution < 1.29 is 4.79 Å². The van der Waals surface area contributed by atoms with E-state index in [0.29, 0.717) is 17.8 Å². The van der Waals surface area contributed by atoms with Crippen molar-refractivity contribution in [2.45, 2.75) is 26.2 Å². The first-order chi connectivity index (χ1) is 6.86. The van der Waals surface area contributed by atoms with Crippen LogP contribution in [0.25, 0.3) is 0 Å². The number of carbonyl (C=O) groups is 1. The molecule has 2 aliphatic carbocycles. The molecule has 0 aliphatic heterocycles. The van der Waals surface area contributed by atoms with Crippen LogP contribution in [-0.4, -0.2) is 6.29 Å². The molecule has 0 spiro atoms. The minimum Gasteiger partial charge on any atom is -0.303 e. The Morgan fingerprint density at radius 1 is 1.29 bits per heavy atom. The lowest BCUT2D eigenvalue weighted by Crippen LogP contribution is -2.28. The molecule has 0 radical (unpaired) electrons. The topological polar surface area (TPSA) is 17.1 Å². The molecule has 2 rings (SSSR count). The van der Waals surface area contributed by atoms with E-state index in [1.807, 2.05) is 6.92 Å². The molecule has 1 saturated carbocycles. The largest absolute Gasteiger partial charge is 0.303 e. The predicted molar refractivity (Wildman–Crippen MR) is 57.8 cm³/mol. The molecule has 76 valence electrons. The summed E-state index contributed by atoms with van der Waals surface area (Å²) in [5.41, 5.74) is 0. The zero-order chi connectivity index (χ0) is 9.97. The molecular weight excluding hydrogens is 172 g/mol. The number of rotatable bonds is 2. The van der Waals surface area contributed by atoms with Crippen LogP contribution in [0.15, 0.2) is 24.3 Å². The van der Waals surface area contributed by atoms with E-state index in [1.54, 1.807) is 0 Å². The van der Waals surface area contributed by atoms with Gasteiger partial charge in [0.2, 0.25) is 0 Å². The maximum atomic E-state index is 11.1. The molecule has 2 aliphatic rings. The first-order valence-corrected chi connectivity index (χ1v) is 5.63. The molecule has 1 fully saturated rings. The molecule has 0 N–H and O–H groups in total. The summed E-state index contributed by atoms with van der Waals surface area (Å²) < 4.78 is 0. The van der Waals surface area contributed by atoms with Gasteiger partial charge in [-0.05, 0) is 31.6 Å². The Kier molecular flexibility index (Phi) is 2.85. The fourth-order valence-corrected chi connectivity index (χ4v) is 3.03. The number of allylic oxidation sites excluding steroid dienone is 4. The molecule has 1 heteroatoms. The van der Waals surface area contributed by atoms with Gasteiger partial charge < -0.3 is 4.79 Å². The highest BCUT2D eigenvalue weighted by atomic mass is 16.1. The van der Waals surface area contributed by atoms with Crippen molar-refractivity contribution in [1.82, 2.24) is 0 Å². The smallest absolute Gasteiger partial charge is 0.124 e. The number of carbonyl (C=O) groups excluding carboxylic acids is 1. The summed E-state index contributed by atoms with van der Waals surface area (Å²) in [6.45, 7) is 2.02. The predicted octanol–water partition coefficient (Wildman–Crippen LogP) is 2.98. The first kappa shape index (κ1) is 9.70. The molecule has 0 bridgehead atoms. The standard InChI is InChI=1S/C13H18O/c1-2-4-10-7-8-11-5-3-6-12(11)13(10)9-14/h2,4,7-13H,3,5-6H2,1H3/b4-2+/t10-,11+,12-,13+/m0/s1. The van der Waals surface area contributed by atoms with Gasteiger partial charge in [-0.2, -0.15) is 0 Å². The second kappa shape index (κ2) is 4.12. The van der Waals surface area contributed by atoms with Crippen LogP contribution in [0.4, 0.5) is 0 Å². The summed E-state index contributed by atoms with van der Waals surface area (Å²) in [5, 5.41) is 0. The highest BCUT2D eigenvalue weighted by Gasteiger charge is 2.37. The van der Waals surface area contributed by atoms with Crippen molar-refractivity contribution in [2.24, 2.45) is 23.7 Å². The third-order valence-electron chi connectivity index (χ3n) is 3.72. The Balaban J connectivity index is 2.21. The molecule has 0 saturated heterocycles. The number of aldehydes is 1. The Morgan fingerprint density at radius 3 is 2.86 bits per heavy atom. The van der Waals surface area contributed by atoms with E-state index < -0.39 is 0 Å². The van der Waals surface area contributed by atoms with Gasteiger partial charge in [0.05, 0.1) is 0 Å². The van der Waals surface area contributed by atoms with Gasteiger partial charge in [0.25, 0.3) is 0 Å². The summed E-state index contributed by atoms with van der Waals surface area (Å²) in [7, 11) is 0. The Labute approximate surface area is 85.9 Å². The maximum absolute atomic E-state index is 11.1. The van der Waals surface area contributed by atoms with E-state index in [0.717, 1.165) is 0 Å². The van der Waals surface area contributed by atoms with Crippen molar-refractivity contribution in [3.63, 3.8) is 0 Å². The highest BCUT2D eigenvalue weighted by Crippen LogP contribution is 2.43. The van der Waals surface area contributed by atoms with Crippen molar-refractivity contribution in [3.8, 4) is 0 Å². The molecule has 0 aromatic rings. The molecule has 0 unspecified atom stereocenters. The third kappa shape index (κ3) is 1.56. The molecular formula is C13H18O. The number of fused-ring (bicyclic) bond motifs is 1. The minimum atomic E-state index is 0.240. The summed E-state index contributed by atoms with van der Waals surface area (Å²) in [6.07, 6.45) is 13.8. The van der Waals surface area contributed by atoms with Crippen molar-refractivity contribution >= 4 is 6.29 Å². The van der Waals surface area contributed by atoms with Gasteiger partial charge in [-0.3, -0.25) is 0 Å². The van der Waals surface area contributed by atoms with Crippen LogP contribution in [0.3, 0.4) is 0 Å². The van der Waals surface area contributed by atoms with Gasteiger partial charge in [0, 0.05) is 11.8 Å². The monoisotopic (exact) mass is 190 g/mol. The summed E-state index contributed by atoms with van der Waals surface area (Å²) >= 11 is 0. The lowest BCUT2D eigenvalue weighted by atomic mass is 9.72. The van der Waals surface area contributed by atoms with Crippen LogP contribution >= 0.6 is 0 Å². The van der Waals surface area contributed by atoms with Crippen LogP contribution in [0.5, 0.6) is 0 Å². The van der Waals surface area contributed by atoms with Crippen LogP contribution in [0.1, 0.15) is 26.2 Å². The molecule has 1 nitrogen and oxygen atoms in total. The van der Waals surface area contributed by atoms with Crippen LogP contribution < -0.4 is 0 Å². The van der Waals surface area contributed by atoms with Crippen LogP contribution in [-0.2, 0) is 4.79 Å². The first-order valence-electron chi connectivity index (χ1n) is 5.63. The summed E-state index contributed by atoms with van der Waals surface area (Å²) in [4.78, 5) is 11.1. The minimum absolute atomic E-state index is 0.240. The van der Waals surface area contributed by atoms with Gasteiger partial charge in [0.1, 0.15) is 6.29 Å². The zero-order valence-corrected chi connectivity index (χ0v) is 8.73. The van der Waals surface area contributed by atoms with Gasteiger partial charge in [-0.15, -0.1) is 0 Å². The number of hydrogen-bond donors (Lipinski definition) is 0. The van der Waals surface area contributed by atoms with Crippen LogP contribution in [0.2, 0.25) is 0 Å². The average molecular weight is 190 g/mol. The Morgan fingerprint density at radius 2 is 2.14 bits per heavy atom.